The maximum Gasteiger partial charge on any atom is 0.253 e. The smallest absolute Gasteiger partial charge is 0.253 e. The number of aromatic amines is 4. The van der Waals surface area contributed by atoms with Gasteiger partial charge in [-0.2, -0.15) is 20.9 Å². The van der Waals surface area contributed by atoms with E-state index in [1.165, 1.54) is 0 Å². The minimum atomic E-state index is -0.693. The number of benzene rings is 8. The predicted octanol–water partition coefficient (Wildman–Crippen LogP) is 22.5. The molecule has 0 bridgehead atoms. The second-order valence-electron chi connectivity index (χ2n) is 31.8. The Balaban J connectivity index is 0.000000150. The number of rotatable bonds is 32. The number of halogens is 8. The van der Waals surface area contributed by atoms with Gasteiger partial charge in [-0.05, 0) is 167 Å². The summed E-state index contributed by atoms with van der Waals surface area (Å²) in [7, 11) is 0. The molecule has 12 aromatic rings. The Labute approximate surface area is 805 Å². The van der Waals surface area contributed by atoms with E-state index in [-0.39, 0.29) is 47.8 Å². The number of carbonyl (C=O) groups is 4. The molecule has 28 nitrogen and oxygen atoms in total. The third-order valence-electron chi connectivity index (χ3n) is 23.0. The van der Waals surface area contributed by atoms with Gasteiger partial charge in [0.2, 0.25) is 0 Å². The monoisotopic (exact) mass is 1940 g/mol. The number of nitrogens with zero attached hydrogens (tertiary/aromatic N) is 16. The van der Waals surface area contributed by atoms with Crippen molar-refractivity contribution in [3.63, 3.8) is 0 Å². The van der Waals surface area contributed by atoms with Crippen LogP contribution in [0.15, 0.2) is 245 Å². The molecule has 0 saturated carbocycles. The number of aromatic nitrogens is 16. The molecule has 2 unspecified atom stereocenters. The maximum absolute atomic E-state index is 13.8. The van der Waals surface area contributed by atoms with Gasteiger partial charge in [0, 0.05) is 65.9 Å². The number of H-pyrrole nitrogens is 4. The van der Waals surface area contributed by atoms with Crippen LogP contribution < -0.4 is 0 Å². The summed E-state index contributed by atoms with van der Waals surface area (Å²) in [6, 6.07) is 56.6. The van der Waals surface area contributed by atoms with Gasteiger partial charge in [0.25, 0.3) is 23.6 Å². The minimum Gasteiger partial charge on any atom is -0.358 e. The zero-order chi connectivity index (χ0) is 93.5. The molecule has 4 aromatic heterocycles. The molecule has 0 radical (unpaired) electrons. The molecular weight excluding hydrogens is 1840 g/mol. The summed E-state index contributed by atoms with van der Waals surface area (Å²) in [5.74, 6) is 1.29. The van der Waals surface area contributed by atoms with Gasteiger partial charge >= 0.3 is 0 Å². The van der Waals surface area contributed by atoms with Crippen molar-refractivity contribution >= 4 is 116 Å². The van der Waals surface area contributed by atoms with Gasteiger partial charge < -0.3 is 38.5 Å². The van der Waals surface area contributed by atoms with Gasteiger partial charge in [-0.15, -0.1) is 67.1 Å². The van der Waals surface area contributed by atoms with E-state index >= 15 is 0 Å². The Bertz CT molecular complexity index is 5060. The van der Waals surface area contributed by atoms with Crippen molar-refractivity contribution in [2.45, 2.75) is 202 Å². The lowest BCUT2D eigenvalue weighted by Crippen LogP contribution is -2.52. The fourth-order valence-electron chi connectivity index (χ4n) is 17.3. The van der Waals surface area contributed by atoms with E-state index in [4.69, 9.17) is 112 Å². The van der Waals surface area contributed by atoms with Crippen LogP contribution in [0.2, 0.25) is 40.2 Å². The predicted molar refractivity (Wildman–Crippen MR) is 507 cm³/mol. The van der Waals surface area contributed by atoms with E-state index < -0.39 is 73.0 Å². The van der Waals surface area contributed by atoms with E-state index in [0.29, 0.717) is 115 Å². The molecule has 688 valence electrons. The Hall–Kier alpha value is -11.0. The summed E-state index contributed by atoms with van der Waals surface area (Å²) >= 11 is 50.0. The Morgan fingerprint density at radius 1 is 0.295 bits per heavy atom. The van der Waals surface area contributed by atoms with Gasteiger partial charge in [-0.3, -0.25) is 19.2 Å². The van der Waals surface area contributed by atoms with Crippen LogP contribution in [-0.4, -0.2) is 150 Å². The highest BCUT2D eigenvalue weighted by Crippen LogP contribution is 2.53. The molecule has 4 fully saturated rings. The second kappa shape index (κ2) is 47.6. The van der Waals surface area contributed by atoms with E-state index in [1.54, 1.807) is 24.3 Å². The second-order valence-corrected chi connectivity index (χ2v) is 35.3. The normalized spacial score (nSPS) is 21.7. The Morgan fingerprint density at radius 2 is 0.492 bits per heavy atom. The molecule has 36 heteroatoms. The van der Waals surface area contributed by atoms with Crippen molar-refractivity contribution in [1.82, 2.24) is 102 Å². The summed E-state index contributed by atoms with van der Waals surface area (Å²) < 4.78 is 25.7. The maximum atomic E-state index is 13.8. The molecule has 8 heterocycles. The number of ether oxygens (including phenoxy) is 4. The number of morpholine rings is 4. The molecule has 4 aliphatic rings. The summed E-state index contributed by atoms with van der Waals surface area (Å²) in [6.07, 6.45) is 9.60. The molecular formula is C96H100Cl8N20O8. The van der Waals surface area contributed by atoms with Crippen LogP contribution in [0.1, 0.15) is 245 Å². The number of nitrogens with one attached hydrogen (secondary N) is 4. The Kier molecular flexibility index (Phi) is 35.5. The van der Waals surface area contributed by atoms with Crippen LogP contribution in [-0.2, 0) is 38.1 Å². The van der Waals surface area contributed by atoms with Crippen LogP contribution in [0.25, 0.3) is 0 Å². The van der Waals surface area contributed by atoms with Crippen LogP contribution >= 0.6 is 92.8 Å². The lowest BCUT2D eigenvalue weighted by atomic mass is 9.89. The third kappa shape index (κ3) is 23.6. The van der Waals surface area contributed by atoms with Gasteiger partial charge in [-0.25, -0.2) is 0 Å². The van der Waals surface area contributed by atoms with E-state index in [9.17, 15) is 19.2 Å². The largest absolute Gasteiger partial charge is 0.358 e. The molecule has 16 rings (SSSR count). The van der Waals surface area contributed by atoms with E-state index in [0.717, 1.165) is 70.2 Å². The number of carbonyl (C=O) groups excluding carboxylic acids is 4. The lowest BCUT2D eigenvalue weighted by Gasteiger charge is -2.47. The fraction of sp³-hybridized carbons (Fsp3) is 0.333. The Morgan fingerprint density at radius 3 is 0.652 bits per heavy atom. The first-order chi connectivity index (χ1) is 64.1. The summed E-state index contributed by atoms with van der Waals surface area (Å²) in [5.41, 5.74) is 7.04. The van der Waals surface area contributed by atoms with Gasteiger partial charge in [0.1, 0.15) is 48.8 Å². The summed E-state index contributed by atoms with van der Waals surface area (Å²) in [5, 5.41) is 63.7. The molecule has 4 amide bonds. The quantitative estimate of drug-likeness (QED) is 0.0285. The number of hydrogen-bond acceptors (Lipinski definition) is 20. The number of tetrazole rings is 4. The average Bonchev–Trinajstić information content (AvgIpc) is 1.06. The minimum absolute atomic E-state index is 0.142. The standard InChI is InChI=1S/4C24H25Cl2N5O2/c4*1-3-6-19(23-27-29-30-28-23)31-21(15-10-12-17(25)13-11-15)22(16-8-5-9-18(26)14-16)33-20(7-4-2)24(31)32/h4*4-5,8-14,19-22H,2-3,6-7H2,1H3,(H,27,28,29,30)/t19-,20+,21-,22?;19-,20+,21-,22+;19-,20-,21+,22?;19-,20-,21+,22-/m0110/s1. The molecule has 4 N–H and O–H groups in total. The van der Waals surface area contributed by atoms with Crippen LogP contribution in [0.5, 0.6) is 0 Å². The first-order valence-electron chi connectivity index (χ1n) is 43.4. The highest BCUT2D eigenvalue weighted by atomic mass is 35.5. The van der Waals surface area contributed by atoms with Crippen molar-refractivity contribution < 1.29 is 38.1 Å². The highest BCUT2D eigenvalue weighted by molar-refractivity contribution is 6.32. The van der Waals surface area contributed by atoms with Crippen LogP contribution in [0.4, 0.5) is 0 Å². The van der Waals surface area contributed by atoms with Crippen LogP contribution in [0, 0.1) is 0 Å². The van der Waals surface area contributed by atoms with Crippen molar-refractivity contribution in [3.05, 3.63) is 353 Å². The molecule has 8 aromatic carbocycles. The zero-order valence-corrected chi connectivity index (χ0v) is 78.8. The molecule has 4 saturated heterocycles. The SMILES string of the molecule is C=CC[C@@H]1O[C@@H](c2cccc(Cl)c2)[C@@H](c2ccc(Cl)cc2)N([C@@H](CCC)c2nn[nH]n2)C1=O.C=CC[C@@H]1O[C@@H](c2cccc(Cl)c2)[C@@H](c2ccc(Cl)cc2)N([C@H](CCC)c2nn[nH]n2)C1=O.C=CC[C@H]1OC(c2cccc(Cl)c2)[C@H](c2ccc(Cl)cc2)N([C@@H](CCC)c2nn[nH]n2)C1=O.C=CC[C@H]1OC(c2cccc(Cl)c2)[C@H](c2ccc(Cl)cc2)N([C@H](CCC)c2nn[nH]n2)C1=O. The molecule has 0 spiro atoms. The van der Waals surface area contributed by atoms with Crippen molar-refractivity contribution in [2.24, 2.45) is 0 Å². The van der Waals surface area contributed by atoms with Gasteiger partial charge in [0.15, 0.2) is 23.3 Å². The fourth-order valence-corrected chi connectivity index (χ4v) is 18.6. The van der Waals surface area contributed by atoms with Crippen molar-refractivity contribution in [3.8, 4) is 0 Å². The van der Waals surface area contributed by atoms with Crippen LogP contribution in [0.3, 0.4) is 0 Å². The third-order valence-corrected chi connectivity index (χ3v) is 25.0. The lowest BCUT2D eigenvalue weighted by molar-refractivity contribution is -0.180. The van der Waals surface area contributed by atoms with Gasteiger partial charge in [0.05, 0.1) is 48.3 Å². The van der Waals surface area contributed by atoms with E-state index in [1.807, 2.05) is 214 Å². The topological polar surface area (TPSA) is 336 Å². The number of amides is 4. The van der Waals surface area contributed by atoms with Crippen molar-refractivity contribution in [2.75, 3.05) is 0 Å². The first kappa shape index (κ1) is 98.5. The summed E-state index contributed by atoms with van der Waals surface area (Å²) in [4.78, 5) is 62.7. The molecule has 16 atom stereocenters. The molecule has 132 heavy (non-hydrogen) atoms. The molecule has 0 aliphatic carbocycles. The van der Waals surface area contributed by atoms with Gasteiger partial charge in [-0.1, -0.05) is 288 Å². The molecule has 4 aliphatic heterocycles. The van der Waals surface area contributed by atoms with E-state index in [2.05, 4.69) is 137 Å². The zero-order valence-electron chi connectivity index (χ0n) is 72.8. The average molecular weight is 1950 g/mol. The highest BCUT2D eigenvalue weighted by Gasteiger charge is 2.53. The summed E-state index contributed by atoms with van der Waals surface area (Å²) in [6.45, 7) is 23.5. The van der Waals surface area contributed by atoms with Crippen molar-refractivity contribution in [1.29, 1.82) is 0 Å². The number of hydrogen-bond donors (Lipinski definition) is 4. The first-order valence-corrected chi connectivity index (χ1v) is 46.5.